The third-order valence-electron chi connectivity index (χ3n) is 7.76. The van der Waals surface area contributed by atoms with Gasteiger partial charge in [-0.2, -0.15) is 0 Å². The Bertz CT molecular complexity index is 1040. The van der Waals surface area contributed by atoms with E-state index in [4.69, 9.17) is 4.74 Å². The normalized spacial score (nSPS) is 19.1. The van der Waals surface area contributed by atoms with E-state index in [-0.39, 0.29) is 24.7 Å². The molecule has 0 radical (unpaired) electrons. The second kappa shape index (κ2) is 15.6. The monoisotopic (exact) mass is 540 g/mol. The van der Waals surface area contributed by atoms with Crippen molar-refractivity contribution in [3.63, 3.8) is 0 Å². The molecule has 2 atom stereocenters. The fourth-order valence-electron chi connectivity index (χ4n) is 5.41. The van der Waals surface area contributed by atoms with Crippen LogP contribution in [0.15, 0.2) is 42.5 Å². The van der Waals surface area contributed by atoms with Gasteiger partial charge in [0.1, 0.15) is 17.9 Å². The highest BCUT2D eigenvalue weighted by atomic mass is 19.1. The van der Waals surface area contributed by atoms with Crippen LogP contribution in [0.1, 0.15) is 50.2 Å². The number of benzene rings is 2. The van der Waals surface area contributed by atoms with Crippen molar-refractivity contribution in [2.75, 3.05) is 51.8 Å². The smallest absolute Gasteiger partial charge is 0.324 e. The van der Waals surface area contributed by atoms with Gasteiger partial charge in [0.05, 0.1) is 12.8 Å². The molecule has 8 heteroatoms. The molecule has 2 aromatic carbocycles. The molecule has 1 saturated carbocycles. The maximum absolute atomic E-state index is 14.3. The molecule has 1 N–H and O–H groups in total. The summed E-state index contributed by atoms with van der Waals surface area (Å²) >= 11 is 0. The quantitative estimate of drug-likeness (QED) is 0.440. The Morgan fingerprint density at radius 3 is 2.46 bits per heavy atom. The first-order chi connectivity index (χ1) is 18.9. The lowest BCUT2D eigenvalue weighted by Gasteiger charge is -2.32. The summed E-state index contributed by atoms with van der Waals surface area (Å²) < 4.78 is 19.5. The Labute approximate surface area is 233 Å². The first-order valence-electron chi connectivity index (χ1n) is 14.2. The van der Waals surface area contributed by atoms with Crippen LogP contribution in [0.4, 0.5) is 14.9 Å². The lowest BCUT2D eigenvalue weighted by molar-refractivity contribution is -0.107. The van der Waals surface area contributed by atoms with Gasteiger partial charge in [0.25, 0.3) is 0 Å². The number of urea groups is 1. The summed E-state index contributed by atoms with van der Waals surface area (Å²) in [7, 11) is 3.23. The van der Waals surface area contributed by atoms with Crippen LogP contribution in [-0.4, -0.2) is 75.0 Å². The number of carbonyl (C=O) groups excluding carboxylic acids is 2. The minimum Gasteiger partial charge on any atom is -0.497 e. The van der Waals surface area contributed by atoms with Crippen molar-refractivity contribution in [2.24, 2.45) is 5.92 Å². The summed E-state index contributed by atoms with van der Waals surface area (Å²) in [5, 5.41) is 3.42. The van der Waals surface area contributed by atoms with Crippen molar-refractivity contribution in [1.82, 2.24) is 15.1 Å². The highest BCUT2D eigenvalue weighted by molar-refractivity contribution is 5.92. The molecule has 1 saturated heterocycles. The number of aldehydes is 1. The average molecular weight is 541 g/mol. The van der Waals surface area contributed by atoms with Crippen molar-refractivity contribution < 1.29 is 18.7 Å². The van der Waals surface area contributed by atoms with Crippen LogP contribution in [-0.2, 0) is 11.3 Å². The second-order valence-electron chi connectivity index (χ2n) is 10.6. The molecule has 7 nitrogen and oxygen atoms in total. The predicted octanol–water partition coefficient (Wildman–Crippen LogP) is 5.26. The van der Waals surface area contributed by atoms with E-state index in [1.54, 1.807) is 33.2 Å². The maximum atomic E-state index is 14.3. The summed E-state index contributed by atoms with van der Waals surface area (Å²) in [5.41, 5.74) is 1.85. The number of rotatable bonds is 9. The SMILES string of the molecule is CCC1CCC(N2CCNCC2)C1.COc1ccc(CN(C)C(=O)N(CCC=O)c2ccc(C)cc2F)cc1. The number of amides is 2. The van der Waals surface area contributed by atoms with E-state index in [9.17, 15) is 14.0 Å². The standard InChI is InChI=1S/C20H23FN2O3.C11H22N2/c1-15-5-10-19(18(21)13-15)23(11-4-12-24)20(25)22(2)14-16-6-8-17(26-3)9-7-16;1-2-10-3-4-11(9-10)13-7-5-12-6-8-13/h5-10,12-13H,4,11,14H2,1-3H3;10-12H,2-9H2,1H3. The molecule has 2 fully saturated rings. The molecule has 2 aromatic rings. The number of hydrogen-bond acceptors (Lipinski definition) is 5. The minimum atomic E-state index is -0.484. The number of aryl methyl sites for hydroxylation is 1. The van der Waals surface area contributed by atoms with E-state index in [0.29, 0.717) is 6.54 Å². The van der Waals surface area contributed by atoms with Gasteiger partial charge < -0.3 is 19.7 Å². The van der Waals surface area contributed by atoms with E-state index in [0.717, 1.165) is 35.1 Å². The Balaban J connectivity index is 0.000000268. The van der Waals surface area contributed by atoms with Gasteiger partial charge in [-0.05, 0) is 67.5 Å². The largest absolute Gasteiger partial charge is 0.497 e. The molecule has 39 heavy (non-hydrogen) atoms. The topological polar surface area (TPSA) is 65.1 Å². The van der Waals surface area contributed by atoms with E-state index < -0.39 is 5.82 Å². The van der Waals surface area contributed by atoms with Gasteiger partial charge in [-0.1, -0.05) is 31.5 Å². The van der Waals surface area contributed by atoms with Crippen molar-refractivity contribution >= 4 is 18.0 Å². The van der Waals surface area contributed by atoms with Crippen molar-refractivity contribution in [2.45, 2.75) is 58.5 Å². The summed E-state index contributed by atoms with van der Waals surface area (Å²) in [6.07, 6.45) is 6.65. The predicted molar refractivity (Wildman–Crippen MR) is 155 cm³/mol. The third kappa shape index (κ3) is 9.04. The van der Waals surface area contributed by atoms with Crippen LogP contribution < -0.4 is 15.0 Å². The molecule has 2 unspecified atom stereocenters. The fraction of sp³-hybridized carbons (Fsp3) is 0.548. The van der Waals surface area contributed by atoms with Crippen molar-refractivity contribution in [3.8, 4) is 5.75 Å². The molecular weight excluding hydrogens is 495 g/mol. The molecule has 2 aliphatic rings. The summed E-state index contributed by atoms with van der Waals surface area (Å²) in [6, 6.07) is 12.6. The molecule has 2 amide bonds. The summed E-state index contributed by atoms with van der Waals surface area (Å²) in [6.45, 7) is 9.55. The molecule has 0 aromatic heterocycles. The molecule has 214 valence electrons. The molecule has 4 rings (SSSR count). The number of halogens is 1. The number of nitrogens with one attached hydrogen (secondary N) is 1. The van der Waals surface area contributed by atoms with Gasteiger partial charge in [-0.3, -0.25) is 9.80 Å². The lowest BCUT2D eigenvalue weighted by Crippen LogP contribution is -2.47. The van der Waals surface area contributed by atoms with Gasteiger partial charge >= 0.3 is 6.03 Å². The molecular formula is C31H45FN4O3. The van der Waals surface area contributed by atoms with Crippen LogP contribution in [0.3, 0.4) is 0 Å². The number of carbonyl (C=O) groups is 2. The van der Waals surface area contributed by atoms with E-state index in [1.807, 2.05) is 24.3 Å². The van der Waals surface area contributed by atoms with E-state index in [2.05, 4.69) is 17.1 Å². The van der Waals surface area contributed by atoms with Crippen LogP contribution in [0.2, 0.25) is 0 Å². The highest BCUT2D eigenvalue weighted by Gasteiger charge is 2.28. The van der Waals surface area contributed by atoms with Crippen LogP contribution in [0.5, 0.6) is 5.75 Å². The zero-order valence-corrected chi connectivity index (χ0v) is 24.0. The molecule has 0 spiro atoms. The van der Waals surface area contributed by atoms with Gasteiger partial charge in [0.15, 0.2) is 0 Å². The van der Waals surface area contributed by atoms with E-state index in [1.165, 1.54) is 67.7 Å². The zero-order valence-electron chi connectivity index (χ0n) is 24.0. The first kappa shape index (κ1) is 30.6. The Morgan fingerprint density at radius 1 is 1.15 bits per heavy atom. The van der Waals surface area contributed by atoms with Gasteiger partial charge in [0, 0.05) is 58.8 Å². The van der Waals surface area contributed by atoms with Gasteiger partial charge in [-0.25, -0.2) is 9.18 Å². The first-order valence-corrected chi connectivity index (χ1v) is 14.2. The maximum Gasteiger partial charge on any atom is 0.324 e. The average Bonchev–Trinajstić information content (AvgIpc) is 3.45. The third-order valence-corrected chi connectivity index (χ3v) is 7.76. The number of methoxy groups -OCH3 is 1. The van der Waals surface area contributed by atoms with Gasteiger partial charge in [-0.15, -0.1) is 0 Å². The molecule has 1 aliphatic carbocycles. The number of ether oxygens (including phenoxy) is 1. The number of piperazine rings is 1. The van der Waals surface area contributed by atoms with Crippen LogP contribution in [0, 0.1) is 18.7 Å². The molecule has 0 bridgehead atoms. The van der Waals surface area contributed by atoms with Crippen LogP contribution >= 0.6 is 0 Å². The highest BCUT2D eigenvalue weighted by Crippen LogP contribution is 2.31. The minimum absolute atomic E-state index is 0.120. The number of nitrogens with zero attached hydrogens (tertiary/aromatic N) is 3. The van der Waals surface area contributed by atoms with Gasteiger partial charge in [0.2, 0.25) is 0 Å². The van der Waals surface area contributed by atoms with Crippen molar-refractivity contribution in [1.29, 1.82) is 0 Å². The number of anilines is 1. The summed E-state index contributed by atoms with van der Waals surface area (Å²) in [4.78, 5) is 29.1. The van der Waals surface area contributed by atoms with Crippen molar-refractivity contribution in [3.05, 3.63) is 59.4 Å². The zero-order chi connectivity index (χ0) is 28.2. The fourth-order valence-corrected chi connectivity index (χ4v) is 5.41. The van der Waals surface area contributed by atoms with Crippen LogP contribution in [0.25, 0.3) is 0 Å². The lowest BCUT2D eigenvalue weighted by atomic mass is 10.1. The second-order valence-corrected chi connectivity index (χ2v) is 10.6. The number of hydrogen-bond donors (Lipinski definition) is 1. The molecule has 1 heterocycles. The Hall–Kier alpha value is -2.97. The Kier molecular flexibility index (Phi) is 12.2. The summed E-state index contributed by atoms with van der Waals surface area (Å²) in [5.74, 6) is 1.28. The Morgan fingerprint density at radius 2 is 1.87 bits per heavy atom. The molecule has 1 aliphatic heterocycles. The van der Waals surface area contributed by atoms with E-state index >= 15 is 0 Å².